The third-order valence-electron chi connectivity index (χ3n) is 16.6. The lowest BCUT2D eigenvalue weighted by Gasteiger charge is -2.48. The van der Waals surface area contributed by atoms with Crippen molar-refractivity contribution in [1.82, 2.24) is 5.32 Å². The first kappa shape index (κ1) is 73.8. The van der Waals surface area contributed by atoms with Gasteiger partial charge in [0.2, 0.25) is 5.91 Å². The molecule has 0 aromatic heterocycles. The number of carbonyl (C=O) groups excluding carboxylic acids is 1. The molecule has 17 unspecified atom stereocenters. The quantitative estimate of drug-likeness (QED) is 0.0217. The Hall–Kier alpha value is -1.47. The van der Waals surface area contributed by atoms with Crippen molar-refractivity contribution in [1.29, 1.82) is 0 Å². The summed E-state index contributed by atoms with van der Waals surface area (Å²) in [5.74, 6) is -0.271. The van der Waals surface area contributed by atoms with Gasteiger partial charge in [-0.2, -0.15) is 0 Å². The SMILES string of the molecule is CCCCCCCCCCCCCCCCC/C=C/C(O)C(COC1OC(CO)C(OC2OC(CO)C(OC3OC(CO)C(O)C(O)C3O)C(O)C2O)C(O)C1O)NC(=O)CCCCCCCCCCCCCCCCCCCCC. The van der Waals surface area contributed by atoms with Gasteiger partial charge in [0.25, 0.3) is 0 Å². The molecule has 0 aromatic rings. The first-order valence-electron chi connectivity index (χ1n) is 32.4. The maximum absolute atomic E-state index is 13.4. The Labute approximate surface area is 486 Å². The molecule has 3 aliphatic rings. The summed E-state index contributed by atoms with van der Waals surface area (Å²) in [6.07, 6.45) is 20.4. The number of aliphatic hydroxyl groups excluding tert-OH is 11. The number of hydrogen-bond acceptors (Lipinski definition) is 18. The molecule has 1 amide bonds. The van der Waals surface area contributed by atoms with Crippen LogP contribution < -0.4 is 5.32 Å². The van der Waals surface area contributed by atoms with E-state index in [-0.39, 0.29) is 18.9 Å². The zero-order chi connectivity index (χ0) is 59.0. The Morgan fingerprint density at radius 3 is 1.16 bits per heavy atom. The van der Waals surface area contributed by atoms with Crippen LogP contribution in [0.2, 0.25) is 0 Å². The van der Waals surface area contributed by atoms with Crippen molar-refractivity contribution < 1.29 is 89.4 Å². The van der Waals surface area contributed by atoms with Gasteiger partial charge in [-0.3, -0.25) is 4.79 Å². The van der Waals surface area contributed by atoms with Crippen molar-refractivity contribution >= 4 is 5.91 Å². The van der Waals surface area contributed by atoms with Crippen LogP contribution in [0.25, 0.3) is 0 Å². The van der Waals surface area contributed by atoms with E-state index in [9.17, 15) is 61.0 Å². The number of amides is 1. The summed E-state index contributed by atoms with van der Waals surface area (Å²) in [4.78, 5) is 13.4. The van der Waals surface area contributed by atoms with Crippen molar-refractivity contribution in [3.05, 3.63) is 12.2 Å². The van der Waals surface area contributed by atoms with Gasteiger partial charge in [-0.15, -0.1) is 0 Å². The van der Waals surface area contributed by atoms with Crippen LogP contribution in [0.5, 0.6) is 0 Å². The third kappa shape index (κ3) is 29.2. The highest BCUT2D eigenvalue weighted by atomic mass is 16.8. The molecule has 0 radical (unpaired) electrons. The zero-order valence-corrected chi connectivity index (χ0v) is 50.0. The van der Waals surface area contributed by atoms with Crippen LogP contribution in [0, 0.1) is 0 Å². The van der Waals surface area contributed by atoms with E-state index in [2.05, 4.69) is 19.2 Å². The summed E-state index contributed by atoms with van der Waals surface area (Å²) < 4.78 is 34.3. The normalized spacial score (nSPS) is 29.8. The molecule has 0 aliphatic carbocycles. The number of rotatable bonds is 49. The van der Waals surface area contributed by atoms with Crippen molar-refractivity contribution in [2.24, 2.45) is 0 Å². The molecular formula is C62H117NO18. The highest BCUT2D eigenvalue weighted by Crippen LogP contribution is 2.33. The van der Waals surface area contributed by atoms with Crippen LogP contribution in [-0.2, 0) is 33.2 Å². The third-order valence-corrected chi connectivity index (χ3v) is 16.6. The van der Waals surface area contributed by atoms with E-state index in [1.165, 1.54) is 173 Å². The van der Waals surface area contributed by atoms with Crippen molar-refractivity contribution in [3.8, 4) is 0 Å². The topological polar surface area (TPSA) is 307 Å². The summed E-state index contributed by atoms with van der Waals surface area (Å²) >= 11 is 0. The van der Waals surface area contributed by atoms with Gasteiger partial charge in [0, 0.05) is 6.42 Å². The first-order chi connectivity index (χ1) is 39.3. The number of carbonyl (C=O) groups is 1. The summed E-state index contributed by atoms with van der Waals surface area (Å²) in [5.41, 5.74) is 0. The molecule has 0 bridgehead atoms. The van der Waals surface area contributed by atoms with Crippen molar-refractivity contribution in [2.45, 2.75) is 349 Å². The van der Waals surface area contributed by atoms with Crippen LogP contribution in [-0.4, -0.2) is 193 Å². The molecule has 12 N–H and O–H groups in total. The van der Waals surface area contributed by atoms with Crippen LogP contribution in [0.1, 0.15) is 245 Å². The Bertz CT molecular complexity index is 1530. The van der Waals surface area contributed by atoms with Crippen LogP contribution >= 0.6 is 0 Å². The number of ether oxygens (including phenoxy) is 6. The van der Waals surface area contributed by atoms with Gasteiger partial charge in [0.05, 0.1) is 38.6 Å². The van der Waals surface area contributed by atoms with Crippen molar-refractivity contribution in [3.63, 3.8) is 0 Å². The molecule has 0 aromatic carbocycles. The zero-order valence-electron chi connectivity index (χ0n) is 50.0. The van der Waals surface area contributed by atoms with E-state index in [1.807, 2.05) is 6.08 Å². The van der Waals surface area contributed by atoms with E-state index in [1.54, 1.807) is 6.08 Å². The minimum absolute atomic E-state index is 0.249. The van der Waals surface area contributed by atoms with Gasteiger partial charge in [-0.25, -0.2) is 0 Å². The Balaban J connectivity index is 1.48. The summed E-state index contributed by atoms with van der Waals surface area (Å²) in [6, 6.07) is -0.967. The maximum Gasteiger partial charge on any atom is 0.220 e. The monoisotopic (exact) mass is 1160 g/mol. The van der Waals surface area contributed by atoms with Crippen LogP contribution in [0.3, 0.4) is 0 Å². The van der Waals surface area contributed by atoms with Gasteiger partial charge in [0.15, 0.2) is 18.9 Å². The van der Waals surface area contributed by atoms with Gasteiger partial charge >= 0.3 is 0 Å². The second-order valence-electron chi connectivity index (χ2n) is 23.6. The fourth-order valence-corrected chi connectivity index (χ4v) is 11.3. The second kappa shape index (κ2) is 45.8. The molecule has 0 spiro atoms. The predicted molar refractivity (Wildman–Crippen MR) is 310 cm³/mol. The van der Waals surface area contributed by atoms with Crippen LogP contribution in [0.15, 0.2) is 12.2 Å². The van der Waals surface area contributed by atoms with E-state index in [0.29, 0.717) is 6.42 Å². The molecule has 478 valence electrons. The Morgan fingerprint density at radius 2 is 0.765 bits per heavy atom. The molecule has 3 rings (SSSR count). The smallest absolute Gasteiger partial charge is 0.220 e. The standard InChI is InChI=1S/C62H117NO18/c1-3-5-7-9-11-13-15-17-19-21-22-24-26-28-30-32-34-36-38-40-50(68)63-45(46(67)39-37-35-33-31-29-27-25-23-20-18-16-14-12-10-8-6-4-2)44-76-60-56(74)53(71)58(48(42-65)78-60)81-62-57(75)54(72)59(49(43-66)79-62)80-61-55(73)52(70)51(69)47(41-64)77-61/h37,39,45-49,51-62,64-67,69-75H,3-36,38,40-44H2,1-2H3,(H,63,68)/b39-37+. The molecular weight excluding hydrogens is 1050 g/mol. The number of hydrogen-bond donors (Lipinski definition) is 12. The molecule has 19 nitrogen and oxygen atoms in total. The summed E-state index contributed by atoms with van der Waals surface area (Å²) in [7, 11) is 0. The van der Waals surface area contributed by atoms with Crippen molar-refractivity contribution in [2.75, 3.05) is 26.4 Å². The van der Waals surface area contributed by atoms with Gasteiger partial charge in [-0.1, -0.05) is 231 Å². The Kier molecular flexibility index (Phi) is 41.7. The van der Waals surface area contributed by atoms with Crippen LogP contribution in [0.4, 0.5) is 0 Å². The van der Waals surface area contributed by atoms with Gasteiger partial charge < -0.3 is 89.9 Å². The van der Waals surface area contributed by atoms with E-state index in [0.717, 1.165) is 44.9 Å². The second-order valence-corrected chi connectivity index (χ2v) is 23.6. The molecule has 0 saturated carbocycles. The number of nitrogens with one attached hydrogen (secondary N) is 1. The lowest BCUT2D eigenvalue weighted by Crippen LogP contribution is -2.66. The fraction of sp³-hybridized carbons (Fsp3) is 0.952. The maximum atomic E-state index is 13.4. The summed E-state index contributed by atoms with van der Waals surface area (Å²) in [6.45, 7) is 1.75. The molecule has 3 fully saturated rings. The van der Waals surface area contributed by atoms with E-state index in [4.69, 9.17) is 28.4 Å². The highest BCUT2D eigenvalue weighted by molar-refractivity contribution is 5.76. The molecule has 17 atom stereocenters. The number of aliphatic hydroxyl groups is 11. The summed E-state index contributed by atoms with van der Waals surface area (Å²) in [5, 5.41) is 120. The number of unbranched alkanes of at least 4 members (excludes halogenated alkanes) is 33. The minimum atomic E-state index is -1.97. The lowest BCUT2D eigenvalue weighted by molar-refractivity contribution is -0.379. The highest BCUT2D eigenvalue weighted by Gasteiger charge is 2.53. The Morgan fingerprint density at radius 1 is 0.432 bits per heavy atom. The van der Waals surface area contributed by atoms with Gasteiger partial charge in [-0.05, 0) is 19.3 Å². The average Bonchev–Trinajstić information content (AvgIpc) is 3.48. The lowest BCUT2D eigenvalue weighted by atomic mass is 9.96. The average molecular weight is 1160 g/mol. The minimum Gasteiger partial charge on any atom is -0.394 e. The molecule has 3 aliphatic heterocycles. The number of allylic oxidation sites excluding steroid dienone is 1. The predicted octanol–water partition coefficient (Wildman–Crippen LogP) is 6.94. The molecule has 19 heteroatoms. The fourth-order valence-electron chi connectivity index (χ4n) is 11.3. The molecule has 3 saturated heterocycles. The van der Waals surface area contributed by atoms with Gasteiger partial charge in [0.1, 0.15) is 73.2 Å². The van der Waals surface area contributed by atoms with E-state index >= 15 is 0 Å². The van der Waals surface area contributed by atoms with E-state index < -0.39 is 124 Å². The molecule has 3 heterocycles. The first-order valence-corrected chi connectivity index (χ1v) is 32.4. The largest absolute Gasteiger partial charge is 0.394 e. The molecule has 81 heavy (non-hydrogen) atoms.